The molecule has 188 valence electrons. The van der Waals surface area contributed by atoms with Crippen molar-refractivity contribution in [1.82, 2.24) is 0 Å². The molecule has 5 atom stereocenters. The molecule has 0 bridgehead atoms. The maximum absolute atomic E-state index is 13.2. The van der Waals surface area contributed by atoms with E-state index in [9.17, 15) is 35.4 Å². The Kier molecular flexibility index (Phi) is 6.74. The lowest BCUT2D eigenvalue weighted by Crippen LogP contribution is -2.60. The molecule has 0 saturated carbocycles. The lowest BCUT2D eigenvalue weighted by atomic mass is 9.99. The summed E-state index contributed by atoms with van der Waals surface area (Å²) in [5.41, 5.74) is -0.464. The van der Waals surface area contributed by atoms with E-state index in [2.05, 4.69) is 0 Å². The third-order valence-electron chi connectivity index (χ3n) is 5.67. The maximum Gasteiger partial charge on any atom is 0.239 e. The van der Waals surface area contributed by atoms with Crippen molar-refractivity contribution in [2.75, 3.05) is 20.8 Å². The van der Waals surface area contributed by atoms with Crippen molar-refractivity contribution in [2.24, 2.45) is 0 Å². The number of hydrogen-bond acceptors (Lipinski definition) is 12. The van der Waals surface area contributed by atoms with Crippen LogP contribution in [0.2, 0.25) is 0 Å². The second-order valence-corrected chi connectivity index (χ2v) is 7.79. The average Bonchev–Trinajstić information content (AvgIpc) is 2.84. The topological polar surface area (TPSA) is 189 Å². The van der Waals surface area contributed by atoms with Gasteiger partial charge in [-0.25, -0.2) is 0 Å². The third kappa shape index (κ3) is 4.22. The smallest absolute Gasteiger partial charge is 0.239 e. The quantitative estimate of drug-likeness (QED) is 0.272. The first-order valence-electron chi connectivity index (χ1n) is 10.4. The van der Waals surface area contributed by atoms with Gasteiger partial charge in [0.2, 0.25) is 23.2 Å². The number of ether oxygens (including phenoxy) is 4. The van der Waals surface area contributed by atoms with Gasteiger partial charge in [-0.3, -0.25) is 4.79 Å². The van der Waals surface area contributed by atoms with E-state index in [-0.39, 0.29) is 39.7 Å². The molecule has 12 nitrogen and oxygen atoms in total. The predicted molar refractivity (Wildman–Crippen MR) is 119 cm³/mol. The Labute approximate surface area is 197 Å². The van der Waals surface area contributed by atoms with Gasteiger partial charge in [0, 0.05) is 11.6 Å². The Morgan fingerprint density at radius 3 is 2.20 bits per heavy atom. The van der Waals surface area contributed by atoms with Gasteiger partial charge >= 0.3 is 0 Å². The minimum absolute atomic E-state index is 0.00607. The van der Waals surface area contributed by atoms with Crippen LogP contribution in [0.1, 0.15) is 0 Å². The molecule has 1 fully saturated rings. The molecule has 6 N–H and O–H groups in total. The number of aromatic hydroxyl groups is 2. The molecule has 0 aliphatic carbocycles. The van der Waals surface area contributed by atoms with Crippen molar-refractivity contribution in [3.05, 3.63) is 40.6 Å². The fourth-order valence-corrected chi connectivity index (χ4v) is 3.84. The Balaban J connectivity index is 1.86. The van der Waals surface area contributed by atoms with E-state index < -0.39 is 48.5 Å². The highest BCUT2D eigenvalue weighted by Gasteiger charge is 2.45. The Hall–Kier alpha value is -3.55. The molecule has 0 amide bonds. The lowest BCUT2D eigenvalue weighted by Gasteiger charge is -2.39. The average molecular weight is 492 g/mol. The minimum Gasteiger partial charge on any atom is -0.508 e. The Morgan fingerprint density at radius 2 is 1.60 bits per heavy atom. The summed E-state index contributed by atoms with van der Waals surface area (Å²) in [5, 5.41) is 59.8. The molecule has 0 spiro atoms. The monoisotopic (exact) mass is 492 g/mol. The van der Waals surface area contributed by atoms with Crippen LogP contribution in [0.15, 0.2) is 39.5 Å². The van der Waals surface area contributed by atoms with Crippen LogP contribution in [-0.4, -0.2) is 82.2 Å². The van der Waals surface area contributed by atoms with Crippen LogP contribution in [0.3, 0.4) is 0 Å². The van der Waals surface area contributed by atoms with E-state index in [4.69, 9.17) is 23.4 Å². The zero-order chi connectivity index (χ0) is 25.4. The molecule has 1 aliphatic rings. The largest absolute Gasteiger partial charge is 0.508 e. The molecule has 4 rings (SSSR count). The molecule has 0 unspecified atom stereocenters. The Bertz CT molecular complexity index is 1270. The van der Waals surface area contributed by atoms with E-state index in [1.165, 1.54) is 44.6 Å². The fraction of sp³-hybridized carbons (Fsp3) is 0.348. The highest BCUT2D eigenvalue weighted by Crippen LogP contribution is 2.45. The van der Waals surface area contributed by atoms with Crippen LogP contribution in [0.4, 0.5) is 0 Å². The van der Waals surface area contributed by atoms with E-state index >= 15 is 0 Å². The number of methoxy groups -OCH3 is 2. The molecular formula is C23H24O12. The van der Waals surface area contributed by atoms with E-state index in [1.807, 2.05) is 0 Å². The molecule has 12 heteroatoms. The van der Waals surface area contributed by atoms with Crippen LogP contribution in [-0.2, 0) is 4.74 Å². The number of aliphatic hydroxyl groups is 4. The molecule has 35 heavy (non-hydrogen) atoms. The predicted octanol–water partition coefficient (Wildman–Crippen LogP) is 0.0671. The fourth-order valence-electron chi connectivity index (χ4n) is 3.84. The first-order valence-corrected chi connectivity index (χ1v) is 10.4. The summed E-state index contributed by atoms with van der Waals surface area (Å²) in [4.78, 5) is 13.2. The molecule has 2 aromatic carbocycles. The first kappa shape index (κ1) is 24.6. The third-order valence-corrected chi connectivity index (χ3v) is 5.67. The molecule has 3 aromatic rings. The number of fused-ring (bicyclic) bond motifs is 1. The molecule has 1 aromatic heterocycles. The van der Waals surface area contributed by atoms with Gasteiger partial charge in [0.1, 0.15) is 41.1 Å². The second-order valence-electron chi connectivity index (χ2n) is 7.79. The molecular weight excluding hydrogens is 468 g/mol. The van der Waals surface area contributed by atoms with Gasteiger partial charge in [-0.2, -0.15) is 0 Å². The van der Waals surface area contributed by atoms with Gasteiger partial charge in [-0.05, 0) is 24.3 Å². The molecule has 0 radical (unpaired) electrons. The van der Waals surface area contributed by atoms with Crippen LogP contribution in [0, 0.1) is 0 Å². The first-order chi connectivity index (χ1) is 16.7. The van der Waals surface area contributed by atoms with Gasteiger partial charge in [0.15, 0.2) is 17.3 Å². The highest BCUT2D eigenvalue weighted by molar-refractivity contribution is 5.91. The number of rotatable bonds is 6. The van der Waals surface area contributed by atoms with Gasteiger partial charge in [0.25, 0.3) is 0 Å². The number of aliphatic hydroxyl groups excluding tert-OH is 4. The molecule has 2 heterocycles. The van der Waals surface area contributed by atoms with Gasteiger partial charge in [-0.1, -0.05) is 0 Å². The zero-order valence-electron chi connectivity index (χ0n) is 18.6. The SMILES string of the molecule is COc1c(O[C@@H]2O[C@H](CO)[C@@H](O)[C@H](O)[C@H]2O)cc2oc(-c3ccc(O)cc3)c(OC)c(=O)c2c1O. The van der Waals surface area contributed by atoms with Crippen LogP contribution in [0.5, 0.6) is 28.7 Å². The summed E-state index contributed by atoms with van der Waals surface area (Å²) in [6.45, 7) is -0.671. The summed E-state index contributed by atoms with van der Waals surface area (Å²) in [5.74, 6) is -1.38. The van der Waals surface area contributed by atoms with Crippen LogP contribution in [0.25, 0.3) is 22.3 Å². The maximum atomic E-state index is 13.2. The van der Waals surface area contributed by atoms with Crippen molar-refractivity contribution in [3.63, 3.8) is 0 Å². The second kappa shape index (κ2) is 9.60. The van der Waals surface area contributed by atoms with Crippen molar-refractivity contribution in [2.45, 2.75) is 30.7 Å². The zero-order valence-corrected chi connectivity index (χ0v) is 18.6. The molecule has 1 saturated heterocycles. The number of phenols is 2. The van der Waals surface area contributed by atoms with Crippen molar-refractivity contribution >= 4 is 11.0 Å². The Morgan fingerprint density at radius 1 is 0.943 bits per heavy atom. The number of benzene rings is 2. The van der Waals surface area contributed by atoms with Crippen molar-refractivity contribution in [3.8, 4) is 40.1 Å². The summed E-state index contributed by atoms with van der Waals surface area (Å²) < 4.78 is 27.3. The summed E-state index contributed by atoms with van der Waals surface area (Å²) in [6, 6.07) is 6.98. The summed E-state index contributed by atoms with van der Waals surface area (Å²) >= 11 is 0. The summed E-state index contributed by atoms with van der Waals surface area (Å²) in [7, 11) is 2.46. The van der Waals surface area contributed by atoms with Crippen LogP contribution >= 0.6 is 0 Å². The number of phenolic OH excluding ortho intramolecular Hbond substituents is 2. The highest BCUT2D eigenvalue weighted by atomic mass is 16.7. The normalized spacial score (nSPS) is 24.3. The van der Waals surface area contributed by atoms with E-state index in [0.29, 0.717) is 5.56 Å². The van der Waals surface area contributed by atoms with E-state index in [0.717, 1.165) is 0 Å². The number of hydrogen-bond donors (Lipinski definition) is 6. The van der Waals surface area contributed by atoms with Crippen molar-refractivity contribution in [1.29, 1.82) is 0 Å². The lowest BCUT2D eigenvalue weighted by molar-refractivity contribution is -0.277. The summed E-state index contributed by atoms with van der Waals surface area (Å²) in [6.07, 6.45) is -7.85. The van der Waals surface area contributed by atoms with E-state index in [1.54, 1.807) is 0 Å². The standard InChI is InChI=1S/C23H24O12/c1-31-21-12(34-23-19(30)18(29)15(26)13(8-24)35-23)7-11-14(16(21)27)17(28)22(32-2)20(33-11)9-3-5-10(25)6-4-9/h3-7,13,15,18-19,23-27,29-30H,8H2,1-2H3/t13-,15-,18+,19-,23-/m1/s1. The minimum atomic E-state index is -1.73. The van der Waals surface area contributed by atoms with Gasteiger partial charge in [0.05, 0.1) is 20.8 Å². The molecule has 1 aliphatic heterocycles. The van der Waals surface area contributed by atoms with Gasteiger partial charge < -0.3 is 54.0 Å². The van der Waals surface area contributed by atoms with Crippen molar-refractivity contribution < 1.29 is 54.0 Å². The van der Waals surface area contributed by atoms with Gasteiger partial charge in [-0.15, -0.1) is 0 Å². The van der Waals surface area contributed by atoms with Crippen LogP contribution < -0.4 is 19.6 Å².